The first kappa shape index (κ1) is 16.5. The summed E-state index contributed by atoms with van der Waals surface area (Å²) >= 11 is 0. The molecule has 5 nitrogen and oxygen atoms in total. The molecule has 120 valence electrons. The number of methoxy groups -OCH3 is 1. The van der Waals surface area contributed by atoms with Gasteiger partial charge >= 0.3 is 0 Å². The third-order valence-corrected chi connectivity index (χ3v) is 4.59. The van der Waals surface area contributed by atoms with Gasteiger partial charge in [-0.25, -0.2) is 0 Å². The zero-order valence-electron chi connectivity index (χ0n) is 13.6. The van der Waals surface area contributed by atoms with Crippen molar-refractivity contribution in [2.75, 3.05) is 7.11 Å². The Morgan fingerprint density at radius 2 is 2.14 bits per heavy atom. The number of ether oxygens (including phenoxy) is 1. The van der Waals surface area contributed by atoms with Gasteiger partial charge in [-0.15, -0.1) is 0 Å². The average molecular weight is 294 g/mol. The van der Waals surface area contributed by atoms with Gasteiger partial charge in [-0.1, -0.05) is 19.3 Å². The zero-order chi connectivity index (χ0) is 15.3. The molecule has 0 aliphatic heterocycles. The van der Waals surface area contributed by atoms with E-state index in [0.717, 1.165) is 18.5 Å². The molecular weight excluding hydrogens is 264 g/mol. The van der Waals surface area contributed by atoms with Crippen LogP contribution < -0.4 is 11.3 Å². The van der Waals surface area contributed by atoms with Gasteiger partial charge in [0.2, 0.25) is 0 Å². The molecular formula is C16H30N4O. The molecule has 1 aliphatic carbocycles. The van der Waals surface area contributed by atoms with E-state index < -0.39 is 0 Å². The number of aromatic nitrogens is 2. The molecule has 3 N–H and O–H groups in total. The van der Waals surface area contributed by atoms with Crippen LogP contribution >= 0.6 is 0 Å². The van der Waals surface area contributed by atoms with E-state index >= 15 is 0 Å². The fourth-order valence-corrected chi connectivity index (χ4v) is 3.15. The van der Waals surface area contributed by atoms with Crippen molar-refractivity contribution in [3.63, 3.8) is 0 Å². The number of nitrogens with two attached hydrogens (primary N) is 1. The minimum atomic E-state index is -0.178. The maximum Gasteiger partial charge on any atom is 0.0640 e. The summed E-state index contributed by atoms with van der Waals surface area (Å²) in [7, 11) is 1.74. The van der Waals surface area contributed by atoms with Gasteiger partial charge in [0.05, 0.1) is 17.3 Å². The van der Waals surface area contributed by atoms with E-state index in [-0.39, 0.29) is 11.6 Å². The van der Waals surface area contributed by atoms with E-state index in [4.69, 9.17) is 15.7 Å². The Kier molecular flexibility index (Phi) is 5.79. The van der Waals surface area contributed by atoms with Crippen LogP contribution in [0.2, 0.25) is 0 Å². The summed E-state index contributed by atoms with van der Waals surface area (Å²) in [5, 5.41) is 4.76. The zero-order valence-corrected chi connectivity index (χ0v) is 13.6. The van der Waals surface area contributed by atoms with Crippen LogP contribution in [0.5, 0.6) is 0 Å². The van der Waals surface area contributed by atoms with Gasteiger partial charge in [0, 0.05) is 25.8 Å². The average Bonchev–Trinajstić information content (AvgIpc) is 2.96. The van der Waals surface area contributed by atoms with E-state index in [2.05, 4.69) is 36.2 Å². The van der Waals surface area contributed by atoms with E-state index in [1.807, 2.05) is 0 Å². The summed E-state index contributed by atoms with van der Waals surface area (Å²) in [6.45, 7) is 4.16. The van der Waals surface area contributed by atoms with Crippen LogP contribution in [0.25, 0.3) is 0 Å². The molecule has 0 radical (unpaired) electrons. The molecule has 1 aromatic heterocycles. The molecule has 1 aromatic rings. The normalized spacial score (nSPS) is 18.9. The van der Waals surface area contributed by atoms with E-state index in [0.29, 0.717) is 6.04 Å². The van der Waals surface area contributed by atoms with Crippen LogP contribution in [0.4, 0.5) is 0 Å². The van der Waals surface area contributed by atoms with Crippen molar-refractivity contribution < 1.29 is 4.74 Å². The monoisotopic (exact) mass is 294 g/mol. The van der Waals surface area contributed by atoms with Crippen LogP contribution in [-0.2, 0) is 11.2 Å². The third kappa shape index (κ3) is 4.80. The first-order valence-electron chi connectivity index (χ1n) is 8.09. The van der Waals surface area contributed by atoms with Gasteiger partial charge in [0.25, 0.3) is 0 Å². The lowest BCUT2D eigenvalue weighted by atomic mass is 9.96. The minimum absolute atomic E-state index is 0.176. The van der Waals surface area contributed by atoms with Gasteiger partial charge in [0.15, 0.2) is 0 Å². The largest absolute Gasteiger partial charge is 0.379 e. The van der Waals surface area contributed by atoms with Gasteiger partial charge in [-0.2, -0.15) is 5.10 Å². The predicted molar refractivity (Wildman–Crippen MR) is 84.9 cm³/mol. The molecule has 1 heterocycles. The number of nitrogens with one attached hydrogen (secondary N) is 1. The molecule has 0 spiro atoms. The van der Waals surface area contributed by atoms with Gasteiger partial charge in [0.1, 0.15) is 0 Å². The molecule has 2 rings (SSSR count). The summed E-state index contributed by atoms with van der Waals surface area (Å²) in [6.07, 6.45) is 10.4. The quantitative estimate of drug-likeness (QED) is 0.599. The highest BCUT2D eigenvalue weighted by atomic mass is 16.5. The number of hydrogen-bond acceptors (Lipinski definition) is 4. The molecule has 1 aliphatic rings. The Morgan fingerprint density at radius 1 is 1.43 bits per heavy atom. The van der Waals surface area contributed by atoms with Gasteiger partial charge in [-0.3, -0.25) is 16.0 Å². The molecule has 5 heteroatoms. The molecule has 1 atom stereocenters. The molecule has 21 heavy (non-hydrogen) atoms. The second-order valence-electron chi connectivity index (χ2n) is 6.81. The molecule has 1 saturated carbocycles. The smallest absolute Gasteiger partial charge is 0.0640 e. The van der Waals surface area contributed by atoms with Crippen LogP contribution in [0.3, 0.4) is 0 Å². The topological polar surface area (TPSA) is 65.1 Å². The third-order valence-electron chi connectivity index (χ3n) is 4.59. The van der Waals surface area contributed by atoms with E-state index in [9.17, 15) is 0 Å². The number of nitrogens with zero attached hydrogens (tertiary/aromatic N) is 2. The van der Waals surface area contributed by atoms with Crippen LogP contribution in [0.1, 0.15) is 64.1 Å². The number of hydrazine groups is 1. The highest BCUT2D eigenvalue weighted by Gasteiger charge is 2.23. The summed E-state index contributed by atoms with van der Waals surface area (Å²) in [5.41, 5.74) is 3.83. The van der Waals surface area contributed by atoms with Crippen molar-refractivity contribution in [3.8, 4) is 0 Å². The fourth-order valence-electron chi connectivity index (χ4n) is 3.15. The molecule has 1 fully saturated rings. The Labute approximate surface area is 128 Å². The highest BCUT2D eigenvalue weighted by Crippen LogP contribution is 2.27. The molecule has 0 aromatic carbocycles. The number of rotatable bonds is 7. The Hall–Kier alpha value is -0.910. The van der Waals surface area contributed by atoms with Crippen molar-refractivity contribution in [1.82, 2.24) is 15.2 Å². The maximum atomic E-state index is 5.69. The lowest BCUT2D eigenvalue weighted by molar-refractivity contribution is 0.00702. The second kappa shape index (κ2) is 7.38. The predicted octanol–water partition coefficient (Wildman–Crippen LogP) is 2.58. The van der Waals surface area contributed by atoms with Crippen LogP contribution in [-0.4, -0.2) is 28.5 Å². The van der Waals surface area contributed by atoms with E-state index in [1.54, 1.807) is 7.11 Å². The SMILES string of the molecule is COC(C)(C)CC(Cc1ccn(C2CCCCC2)n1)NN. The van der Waals surface area contributed by atoms with Crippen molar-refractivity contribution >= 4 is 0 Å². The lowest BCUT2D eigenvalue weighted by Crippen LogP contribution is -2.42. The van der Waals surface area contributed by atoms with Crippen molar-refractivity contribution in [2.24, 2.45) is 5.84 Å². The second-order valence-corrected chi connectivity index (χ2v) is 6.81. The van der Waals surface area contributed by atoms with Crippen molar-refractivity contribution in [3.05, 3.63) is 18.0 Å². The minimum Gasteiger partial charge on any atom is -0.379 e. The Balaban J connectivity index is 1.93. The highest BCUT2D eigenvalue weighted by molar-refractivity contribution is 5.03. The number of hydrogen-bond donors (Lipinski definition) is 2. The standard InChI is InChI=1S/C16H30N4O/c1-16(2,21-3)12-14(18-17)11-13-9-10-20(19-13)15-7-5-4-6-8-15/h9-10,14-15,18H,4-8,11-12,17H2,1-3H3. The van der Waals surface area contributed by atoms with Gasteiger partial charge < -0.3 is 4.74 Å². The van der Waals surface area contributed by atoms with Crippen LogP contribution in [0, 0.1) is 0 Å². The molecule has 0 bridgehead atoms. The summed E-state index contributed by atoms with van der Waals surface area (Å²) in [5.74, 6) is 5.69. The summed E-state index contributed by atoms with van der Waals surface area (Å²) in [6, 6.07) is 2.89. The first-order valence-corrected chi connectivity index (χ1v) is 8.09. The van der Waals surface area contributed by atoms with Crippen LogP contribution in [0.15, 0.2) is 12.3 Å². The summed E-state index contributed by atoms with van der Waals surface area (Å²) < 4.78 is 7.64. The van der Waals surface area contributed by atoms with Gasteiger partial charge in [-0.05, 0) is 39.2 Å². The van der Waals surface area contributed by atoms with E-state index in [1.165, 1.54) is 32.1 Å². The first-order chi connectivity index (χ1) is 10.0. The van der Waals surface area contributed by atoms with Crippen molar-refractivity contribution in [1.29, 1.82) is 0 Å². The molecule has 1 unspecified atom stereocenters. The summed E-state index contributed by atoms with van der Waals surface area (Å²) in [4.78, 5) is 0. The fraction of sp³-hybridized carbons (Fsp3) is 0.812. The van der Waals surface area contributed by atoms with Crippen molar-refractivity contribution in [2.45, 2.75) is 76.5 Å². The Bertz CT molecular complexity index is 424. The molecule has 0 saturated heterocycles. The molecule has 0 amide bonds. The lowest BCUT2D eigenvalue weighted by Gasteiger charge is -2.27. The maximum absolute atomic E-state index is 5.69. The Morgan fingerprint density at radius 3 is 2.76 bits per heavy atom.